The standard InChI is InChI=1S/C77H101N3O13S2/c1-42(2)43(3)63-65(93-63)74(89)22-11-15-47-30-57-58-33-62(84)73-39-76(91,71(88,41-82)38-68(57,73)4)79-34-45-12-9-16-52(55(45)35-79)54-28-46-29-59(78-70(20-7-6-8-21-70)56(46)32-60(54)92-5)53-18-23-69(64(53)85)40-80(66(86)77(69)48(36-81)13-10-14-49(77)37-94-95-67(73)87)50-26-44(27-51(83)31-50)17-24-72(47)61(74)19-25-75(58,72)90/h9,11-12,15-16,26-28,31,33-35,42-43,46-49,53,56-57,59-61,63-65,67,78,81-83,85,87-91H,6-8,10,13-14,17-25,29-30,32,36-41H2,1-5H3/t43-,46-,47-,48-,49-,53-,56-,57+,59-,60-,61+,63+,64+,65-,67+,68-,69-,71-,72-,73+,74-,75-,76-,77-/m1/s1. The molecule has 95 heavy (non-hydrogen) atoms. The smallest absolute Gasteiger partial charge is 0.234 e. The van der Waals surface area contributed by atoms with Gasteiger partial charge in [-0.05, 0) is 190 Å². The number of aliphatic hydroxyl groups excluding tert-OH is 4. The maximum absolute atomic E-state index is 17.0. The minimum atomic E-state index is -2.43. The topological polar surface area (TPSA) is 258 Å². The third kappa shape index (κ3) is 8.26. The van der Waals surface area contributed by atoms with Gasteiger partial charge in [-0.1, -0.05) is 111 Å². The number of benzene rings is 2. The summed E-state index contributed by atoms with van der Waals surface area (Å²) >= 11 is 0. The fourth-order valence-corrected chi connectivity index (χ4v) is 29.0. The largest absolute Gasteiger partial charge is 0.508 e. The molecule has 0 unspecified atom stereocenters. The highest BCUT2D eigenvalue weighted by Crippen LogP contribution is 2.78. The summed E-state index contributed by atoms with van der Waals surface area (Å²) in [5.41, 5.74) is -13.1. The molecular weight excluding hydrogens is 1240 g/mol. The van der Waals surface area contributed by atoms with E-state index in [1.54, 1.807) is 36.1 Å². The van der Waals surface area contributed by atoms with Crippen LogP contribution in [0.3, 0.4) is 0 Å². The van der Waals surface area contributed by atoms with Gasteiger partial charge in [0.25, 0.3) is 0 Å². The molecule has 7 aliphatic heterocycles. The number of aryl methyl sites for hydroxylation is 1. The van der Waals surface area contributed by atoms with Gasteiger partial charge in [0.1, 0.15) is 28.5 Å². The molecule has 9 aliphatic carbocycles. The first-order valence-electron chi connectivity index (χ1n) is 36.5. The van der Waals surface area contributed by atoms with E-state index in [2.05, 4.69) is 50.4 Å². The van der Waals surface area contributed by atoms with Gasteiger partial charge in [-0.3, -0.25) is 9.59 Å². The predicted octanol–water partition coefficient (Wildman–Crippen LogP) is 9.48. The van der Waals surface area contributed by atoms with E-state index >= 15 is 9.59 Å². The van der Waals surface area contributed by atoms with Gasteiger partial charge in [-0.25, -0.2) is 0 Å². The summed E-state index contributed by atoms with van der Waals surface area (Å²) in [5.74, 6) is -2.74. The van der Waals surface area contributed by atoms with Gasteiger partial charge in [0, 0.05) is 102 Å². The second-order valence-corrected chi connectivity index (χ2v) is 36.5. The monoisotopic (exact) mass is 1340 g/mol. The number of anilines is 1. The quantitative estimate of drug-likeness (QED) is 0.0626. The number of epoxide rings is 1. The van der Waals surface area contributed by atoms with Crippen molar-refractivity contribution in [1.82, 2.24) is 9.88 Å². The molecule has 2 aromatic carbocycles. The van der Waals surface area contributed by atoms with E-state index in [1.165, 1.54) is 10.8 Å². The van der Waals surface area contributed by atoms with E-state index in [1.807, 2.05) is 36.2 Å². The summed E-state index contributed by atoms with van der Waals surface area (Å²) in [6.07, 6.45) is 20.5. The number of nitrogens with zero attached hydrogens (tertiary/aromatic N) is 2. The number of aromatic hydroxyl groups is 1. The minimum Gasteiger partial charge on any atom is -0.508 e. The SMILES string of the molecule is CO[C@@H]1C[C@@H]2[C@@H]3C=C1c1cccc4cn(cc14)[C@@]1(O)C[C@]45C(=O)C=C6[C@H](C[C@H]7C=CC[C@](O)([C@@H]8O[C@H]8[C@H](C)C(C)C)[C@H]8CC[C@]6(O)[C@]78CCc6cc(O)cc(c6)N6C[C@@]7(CC[C@H]([C@@H](C3)NC23CCCCC3)[C@@H]7O)[C@@]2(C6=O)[C@H](CCC[C@@H]2CO)CSS[C@@H]4O)[C@@]5(C)C[C@@]1(O)CO. The Labute approximate surface area is 566 Å². The molecule has 10 N–H and O–H groups in total. The van der Waals surface area contributed by atoms with Gasteiger partial charge in [0.05, 0.1) is 41.3 Å². The Morgan fingerprint density at radius 1 is 0.895 bits per heavy atom. The zero-order chi connectivity index (χ0) is 66.2. The third-order valence-electron chi connectivity index (χ3n) is 30.6. The number of ether oxygens (including phenoxy) is 2. The number of rotatable bonds is 6. The van der Waals surface area contributed by atoms with E-state index in [0.29, 0.717) is 74.8 Å². The molecule has 16 aliphatic rings. The number of phenolic OH excluding ortho intramolecular Hbond substituents is 1. The van der Waals surface area contributed by atoms with E-state index in [-0.39, 0.29) is 97.4 Å². The molecule has 16 nitrogen and oxygen atoms in total. The van der Waals surface area contributed by atoms with Crippen molar-refractivity contribution >= 4 is 55.3 Å². The Morgan fingerprint density at radius 2 is 1.71 bits per heavy atom. The number of ketones is 1. The van der Waals surface area contributed by atoms with Crippen LogP contribution in [0.4, 0.5) is 5.69 Å². The number of aliphatic hydroxyl groups is 8. The van der Waals surface area contributed by atoms with Crippen LogP contribution >= 0.6 is 21.6 Å². The molecular formula is C77H101N3O13S2. The van der Waals surface area contributed by atoms with Crippen LogP contribution in [0, 0.1) is 86.3 Å². The first-order chi connectivity index (χ1) is 45.4. The van der Waals surface area contributed by atoms with Crippen molar-refractivity contribution < 1.29 is 65.0 Å². The Balaban J connectivity index is 0.922. The van der Waals surface area contributed by atoms with E-state index in [9.17, 15) is 46.0 Å². The van der Waals surface area contributed by atoms with Crippen molar-refractivity contribution in [3.8, 4) is 5.75 Å². The maximum Gasteiger partial charge on any atom is 0.234 e. The molecule has 5 spiro atoms. The highest BCUT2D eigenvalue weighted by atomic mass is 33.1. The van der Waals surface area contributed by atoms with Crippen LogP contribution in [-0.2, 0) is 31.2 Å². The Morgan fingerprint density at radius 3 is 2.47 bits per heavy atom. The molecule has 24 atom stereocenters. The second-order valence-electron chi connectivity index (χ2n) is 34.0. The number of hydrogen-bond donors (Lipinski definition) is 10. The summed E-state index contributed by atoms with van der Waals surface area (Å²) in [5, 5.41) is 127. The highest BCUT2D eigenvalue weighted by molar-refractivity contribution is 8.76. The number of amides is 1. The van der Waals surface area contributed by atoms with Crippen LogP contribution in [0.1, 0.15) is 161 Å². The number of carbonyl (C=O) groups excluding carboxylic acids is 2. The molecule has 16 bridgehead atoms. The number of piperidine rings is 1. The maximum atomic E-state index is 17.0. The number of allylic oxidation sites excluding steroid dienone is 3. The van der Waals surface area contributed by atoms with Gasteiger partial charge in [0.15, 0.2) is 11.5 Å². The Bertz CT molecular complexity index is 3740. The average molecular weight is 1340 g/mol. The molecule has 514 valence electrons. The van der Waals surface area contributed by atoms with E-state index < -0.39 is 116 Å². The first-order valence-corrected chi connectivity index (χ1v) is 38.9. The molecule has 1 aromatic heterocycles. The molecule has 19 rings (SSSR count). The number of phenols is 1. The first kappa shape index (κ1) is 64.8. The number of carbonyl (C=O) groups is 2. The molecule has 3 aromatic rings. The van der Waals surface area contributed by atoms with Gasteiger partial charge < -0.3 is 70.2 Å². The van der Waals surface area contributed by atoms with Crippen molar-refractivity contribution in [2.75, 3.05) is 37.5 Å². The Kier molecular flexibility index (Phi) is 15.0. The zero-order valence-corrected chi connectivity index (χ0v) is 57.6. The number of hydrogen-bond acceptors (Lipinski definition) is 16. The molecule has 3 saturated heterocycles. The van der Waals surface area contributed by atoms with Crippen LogP contribution in [0.2, 0.25) is 0 Å². The highest BCUT2D eigenvalue weighted by Gasteiger charge is 2.81. The lowest BCUT2D eigenvalue weighted by Crippen LogP contribution is -2.75. The normalized spacial score (nSPS) is 48.0. The molecule has 0 radical (unpaired) electrons. The Hall–Kier alpha value is -3.60. The molecule has 6 saturated carbocycles. The average Bonchev–Trinajstić information content (AvgIpc) is 1.65. The second kappa shape index (κ2) is 22.0. The molecule has 8 heterocycles. The van der Waals surface area contributed by atoms with E-state index in [0.717, 1.165) is 83.2 Å². The lowest BCUT2D eigenvalue weighted by molar-refractivity contribution is -0.302. The van der Waals surface area contributed by atoms with E-state index in [4.69, 9.17) is 9.47 Å². The molecule has 1 amide bonds. The van der Waals surface area contributed by atoms with Gasteiger partial charge >= 0.3 is 0 Å². The summed E-state index contributed by atoms with van der Waals surface area (Å²) in [7, 11) is 4.28. The van der Waals surface area contributed by atoms with Crippen LogP contribution in [-0.4, -0.2) is 153 Å². The van der Waals surface area contributed by atoms with Crippen molar-refractivity contribution in [3.05, 3.63) is 89.8 Å². The fourth-order valence-electron chi connectivity index (χ4n) is 25.9. The lowest BCUT2D eigenvalue weighted by atomic mass is 9.37. The minimum absolute atomic E-state index is 0.0337. The number of methoxy groups -OCH3 is 1. The summed E-state index contributed by atoms with van der Waals surface area (Å²) < 4.78 is 14.9. The fraction of sp³-hybridized carbons (Fsp3) is 0.714. The molecule has 9 fully saturated rings. The molecule has 18 heteroatoms. The summed E-state index contributed by atoms with van der Waals surface area (Å²) in [6, 6.07) is 11.4. The van der Waals surface area contributed by atoms with Gasteiger partial charge in [0.2, 0.25) is 5.91 Å². The van der Waals surface area contributed by atoms with Crippen molar-refractivity contribution in [1.29, 1.82) is 0 Å². The number of fused-ring (bicyclic) bond motifs is 9. The van der Waals surface area contributed by atoms with Crippen molar-refractivity contribution in [3.63, 3.8) is 0 Å². The van der Waals surface area contributed by atoms with Gasteiger partial charge in [-0.15, -0.1) is 0 Å². The number of nitrogens with one attached hydrogen (secondary N) is 1. The summed E-state index contributed by atoms with van der Waals surface area (Å²) in [4.78, 5) is 35.8. The lowest BCUT2D eigenvalue weighted by Gasteiger charge is -2.69. The number of aromatic nitrogens is 1. The summed E-state index contributed by atoms with van der Waals surface area (Å²) in [6.45, 7) is 7.39. The third-order valence-corrected chi connectivity index (χ3v) is 33.3. The van der Waals surface area contributed by atoms with Gasteiger partial charge in [-0.2, -0.15) is 0 Å². The van der Waals surface area contributed by atoms with Crippen LogP contribution in [0.15, 0.2) is 78.7 Å². The van der Waals surface area contributed by atoms with Crippen LogP contribution in [0.25, 0.3) is 16.3 Å². The van der Waals surface area contributed by atoms with Crippen LogP contribution < -0.4 is 10.2 Å². The van der Waals surface area contributed by atoms with Crippen molar-refractivity contribution in [2.24, 2.45) is 86.3 Å². The zero-order valence-electron chi connectivity index (χ0n) is 56.0. The van der Waals surface area contributed by atoms with Crippen LogP contribution in [0.5, 0.6) is 5.75 Å². The predicted molar refractivity (Wildman–Crippen MR) is 364 cm³/mol. The van der Waals surface area contributed by atoms with Crippen molar-refractivity contribution in [2.45, 2.75) is 220 Å².